The zero-order valence-electron chi connectivity index (χ0n) is 6.74. The molecular formula is C4H10O7S2. The van der Waals surface area contributed by atoms with Gasteiger partial charge in [-0.3, -0.25) is 9.11 Å². The second kappa shape index (κ2) is 4.33. The lowest BCUT2D eigenvalue weighted by Crippen LogP contribution is -2.26. The van der Waals surface area contributed by atoms with Gasteiger partial charge in [0.25, 0.3) is 10.1 Å². The third kappa shape index (κ3) is 5.93. The Balaban J connectivity index is 4.35. The van der Waals surface area contributed by atoms with Crippen molar-refractivity contribution in [1.29, 1.82) is 0 Å². The maximum atomic E-state index is 10.5. The van der Waals surface area contributed by atoms with Crippen LogP contribution < -0.4 is 0 Å². The number of hydrogen-bond acceptors (Lipinski definition) is 5. The highest BCUT2D eigenvalue weighted by Gasteiger charge is 2.23. The number of hydrogen-bond donors (Lipinski definition) is 2. The molecule has 80 valence electrons. The van der Waals surface area contributed by atoms with Gasteiger partial charge in [0.05, 0.1) is 6.61 Å². The van der Waals surface area contributed by atoms with Gasteiger partial charge in [-0.1, -0.05) is 6.92 Å². The van der Waals surface area contributed by atoms with Gasteiger partial charge in [0.2, 0.25) is 0 Å². The van der Waals surface area contributed by atoms with Crippen LogP contribution >= 0.6 is 0 Å². The Labute approximate surface area is 76.4 Å². The Bertz CT molecular complexity index is 339. The van der Waals surface area contributed by atoms with Gasteiger partial charge in [-0.05, 0) is 6.42 Å². The average molecular weight is 234 g/mol. The van der Waals surface area contributed by atoms with Crippen molar-refractivity contribution in [3.8, 4) is 0 Å². The molecule has 0 aliphatic heterocycles. The first-order chi connectivity index (χ1) is 5.67. The van der Waals surface area contributed by atoms with E-state index in [9.17, 15) is 16.8 Å². The van der Waals surface area contributed by atoms with Crippen molar-refractivity contribution in [2.45, 2.75) is 18.6 Å². The van der Waals surface area contributed by atoms with Crippen molar-refractivity contribution in [2.75, 3.05) is 6.61 Å². The van der Waals surface area contributed by atoms with E-state index >= 15 is 0 Å². The molecule has 0 fully saturated rings. The molecule has 0 rings (SSSR count). The normalized spacial score (nSPS) is 15.6. The predicted octanol–water partition coefficient (Wildman–Crippen LogP) is -0.528. The summed E-state index contributed by atoms with van der Waals surface area (Å²) in [6.07, 6.45) is -0.0195. The van der Waals surface area contributed by atoms with Crippen LogP contribution in [0.25, 0.3) is 0 Å². The van der Waals surface area contributed by atoms with E-state index in [1.807, 2.05) is 0 Å². The summed E-state index contributed by atoms with van der Waals surface area (Å²) >= 11 is 0. The van der Waals surface area contributed by atoms with Crippen LogP contribution in [0.2, 0.25) is 0 Å². The molecule has 7 nitrogen and oxygen atoms in total. The largest absolute Gasteiger partial charge is 0.397 e. The summed E-state index contributed by atoms with van der Waals surface area (Å²) in [6, 6.07) is 0. The minimum atomic E-state index is -4.67. The van der Waals surface area contributed by atoms with Crippen molar-refractivity contribution in [3.63, 3.8) is 0 Å². The maximum Gasteiger partial charge on any atom is 0.397 e. The fraction of sp³-hybridized carbons (Fsp3) is 1.00. The van der Waals surface area contributed by atoms with Crippen LogP contribution in [0.3, 0.4) is 0 Å². The molecule has 9 heteroatoms. The van der Waals surface area contributed by atoms with E-state index in [0.29, 0.717) is 0 Å². The lowest BCUT2D eigenvalue weighted by atomic mass is 10.3. The van der Waals surface area contributed by atoms with Gasteiger partial charge in [0.1, 0.15) is 5.25 Å². The van der Waals surface area contributed by atoms with Crippen LogP contribution in [-0.4, -0.2) is 37.8 Å². The van der Waals surface area contributed by atoms with E-state index in [2.05, 4.69) is 4.18 Å². The Kier molecular flexibility index (Phi) is 4.26. The highest BCUT2D eigenvalue weighted by molar-refractivity contribution is 7.86. The molecule has 2 N–H and O–H groups in total. The summed E-state index contributed by atoms with van der Waals surface area (Å²) in [7, 11) is -9.00. The van der Waals surface area contributed by atoms with E-state index in [4.69, 9.17) is 9.11 Å². The zero-order chi connectivity index (χ0) is 10.7. The molecule has 0 saturated carbocycles. The van der Waals surface area contributed by atoms with Crippen LogP contribution in [0.1, 0.15) is 13.3 Å². The molecule has 1 unspecified atom stereocenters. The molecule has 0 aliphatic rings. The zero-order valence-corrected chi connectivity index (χ0v) is 8.38. The van der Waals surface area contributed by atoms with Crippen LogP contribution in [0.15, 0.2) is 0 Å². The van der Waals surface area contributed by atoms with E-state index in [0.717, 1.165) is 0 Å². The predicted molar refractivity (Wildman–Crippen MR) is 43.1 cm³/mol. The third-order valence-corrected chi connectivity index (χ3v) is 3.03. The summed E-state index contributed by atoms with van der Waals surface area (Å²) in [6.45, 7) is 0.625. The van der Waals surface area contributed by atoms with Gasteiger partial charge in [-0.25, -0.2) is 4.18 Å². The SMILES string of the molecule is CCC(COS(=O)(=O)O)S(=O)(=O)O. The second-order valence-corrected chi connectivity index (χ2v) is 5.05. The molecule has 0 spiro atoms. The van der Waals surface area contributed by atoms with Crippen molar-refractivity contribution in [3.05, 3.63) is 0 Å². The Morgan fingerprint density at radius 2 is 1.69 bits per heavy atom. The molecule has 0 bridgehead atoms. The summed E-state index contributed by atoms with van der Waals surface area (Å²) in [5.41, 5.74) is 0. The van der Waals surface area contributed by atoms with Crippen molar-refractivity contribution in [2.24, 2.45) is 0 Å². The first-order valence-electron chi connectivity index (χ1n) is 3.25. The van der Waals surface area contributed by atoms with Crippen LogP contribution in [0.5, 0.6) is 0 Å². The topological polar surface area (TPSA) is 118 Å². The lowest BCUT2D eigenvalue weighted by Gasteiger charge is -2.09. The third-order valence-electron chi connectivity index (χ3n) is 1.28. The molecule has 0 heterocycles. The summed E-state index contributed by atoms with van der Waals surface area (Å²) in [4.78, 5) is 0. The highest BCUT2D eigenvalue weighted by atomic mass is 32.3. The van der Waals surface area contributed by atoms with Gasteiger partial charge in [-0.15, -0.1) is 0 Å². The first-order valence-corrected chi connectivity index (χ1v) is 6.11. The van der Waals surface area contributed by atoms with Gasteiger partial charge in [0.15, 0.2) is 0 Å². The van der Waals surface area contributed by atoms with Crippen molar-refractivity contribution < 1.29 is 30.1 Å². The van der Waals surface area contributed by atoms with E-state index < -0.39 is 32.4 Å². The summed E-state index contributed by atoms with van der Waals surface area (Å²) in [5, 5.41) is -1.35. The molecular weight excluding hydrogens is 224 g/mol. The minimum absolute atomic E-state index is 0.0195. The molecule has 1 atom stereocenters. The van der Waals surface area contributed by atoms with Gasteiger partial charge in [-0.2, -0.15) is 16.8 Å². The quantitative estimate of drug-likeness (QED) is 0.614. The second-order valence-electron chi connectivity index (χ2n) is 2.26. The molecule has 13 heavy (non-hydrogen) atoms. The smallest absolute Gasteiger partial charge is 0.285 e. The molecule has 0 aromatic rings. The van der Waals surface area contributed by atoms with E-state index in [1.165, 1.54) is 6.92 Å². The lowest BCUT2D eigenvalue weighted by molar-refractivity contribution is 0.261. The Hall–Kier alpha value is -0.220. The Morgan fingerprint density at radius 3 is 1.92 bits per heavy atom. The van der Waals surface area contributed by atoms with Crippen molar-refractivity contribution >= 4 is 20.5 Å². The van der Waals surface area contributed by atoms with E-state index in [1.54, 1.807) is 0 Å². The Morgan fingerprint density at radius 1 is 1.23 bits per heavy atom. The molecule has 0 amide bonds. The fourth-order valence-electron chi connectivity index (χ4n) is 0.576. The van der Waals surface area contributed by atoms with Crippen LogP contribution in [0.4, 0.5) is 0 Å². The monoisotopic (exact) mass is 234 g/mol. The van der Waals surface area contributed by atoms with Crippen molar-refractivity contribution in [1.82, 2.24) is 0 Å². The maximum absolute atomic E-state index is 10.5. The minimum Gasteiger partial charge on any atom is -0.285 e. The average Bonchev–Trinajstić information content (AvgIpc) is 1.82. The highest BCUT2D eigenvalue weighted by Crippen LogP contribution is 2.05. The van der Waals surface area contributed by atoms with Gasteiger partial charge < -0.3 is 0 Å². The molecule has 0 radical (unpaired) electrons. The molecule has 0 aromatic heterocycles. The van der Waals surface area contributed by atoms with Gasteiger partial charge >= 0.3 is 10.4 Å². The standard InChI is InChI=1S/C4H10O7S2/c1-2-4(12(5,6)7)3-11-13(8,9)10/h4H,2-3H2,1H3,(H,5,6,7)(H,8,9,10). The molecule has 0 aromatic carbocycles. The molecule has 0 aliphatic carbocycles. The molecule has 0 saturated heterocycles. The summed E-state index contributed by atoms with van der Waals surface area (Å²) in [5.74, 6) is 0. The van der Waals surface area contributed by atoms with Crippen LogP contribution in [-0.2, 0) is 24.7 Å². The van der Waals surface area contributed by atoms with Gasteiger partial charge in [0, 0.05) is 0 Å². The fourth-order valence-corrected chi connectivity index (χ4v) is 1.66. The first kappa shape index (κ1) is 12.8. The summed E-state index contributed by atoms with van der Waals surface area (Å²) < 4.78 is 61.4. The number of rotatable bonds is 5. The van der Waals surface area contributed by atoms with Crippen LogP contribution in [0, 0.1) is 0 Å². The van der Waals surface area contributed by atoms with E-state index in [-0.39, 0.29) is 6.42 Å².